The zero-order chi connectivity index (χ0) is 12.8. The number of aromatic hydroxyl groups is 1. The molecule has 0 bridgehead atoms. The highest BCUT2D eigenvalue weighted by molar-refractivity contribution is 9.10. The first-order valence-corrected chi connectivity index (χ1v) is 6.25. The number of hydrogen-bond acceptors (Lipinski definition) is 3. The van der Waals surface area contributed by atoms with Gasteiger partial charge in [-0.1, -0.05) is 15.9 Å². The first-order chi connectivity index (χ1) is 8.02. The van der Waals surface area contributed by atoms with Gasteiger partial charge in [0, 0.05) is 23.1 Å². The second kappa shape index (κ2) is 6.61. The van der Waals surface area contributed by atoms with Crippen molar-refractivity contribution in [1.82, 2.24) is 10.2 Å². The van der Waals surface area contributed by atoms with Gasteiger partial charge in [-0.3, -0.25) is 9.69 Å². The van der Waals surface area contributed by atoms with Crippen LogP contribution in [0.3, 0.4) is 0 Å². The predicted molar refractivity (Wildman–Crippen MR) is 70.8 cm³/mol. The van der Waals surface area contributed by atoms with Gasteiger partial charge in [-0.15, -0.1) is 0 Å². The van der Waals surface area contributed by atoms with Crippen molar-refractivity contribution in [1.29, 1.82) is 0 Å². The van der Waals surface area contributed by atoms with E-state index in [-0.39, 0.29) is 11.7 Å². The van der Waals surface area contributed by atoms with Gasteiger partial charge >= 0.3 is 0 Å². The van der Waals surface area contributed by atoms with Crippen LogP contribution in [-0.2, 0) is 11.3 Å². The van der Waals surface area contributed by atoms with Gasteiger partial charge in [-0.2, -0.15) is 0 Å². The Labute approximate surface area is 110 Å². The third-order valence-corrected chi connectivity index (χ3v) is 2.76. The number of nitrogens with one attached hydrogen (secondary N) is 1. The summed E-state index contributed by atoms with van der Waals surface area (Å²) in [6.07, 6.45) is 0. The minimum atomic E-state index is -0.00973. The fourth-order valence-electron chi connectivity index (χ4n) is 1.53. The third-order valence-electron chi connectivity index (χ3n) is 2.27. The lowest BCUT2D eigenvalue weighted by molar-refractivity contribution is -0.121. The summed E-state index contributed by atoms with van der Waals surface area (Å²) in [5, 5.41) is 12.4. The number of phenolic OH excluding ortho intramolecular Hbond substituents is 1. The van der Waals surface area contributed by atoms with Crippen molar-refractivity contribution in [2.24, 2.45) is 0 Å². The largest absolute Gasteiger partial charge is 0.508 e. The van der Waals surface area contributed by atoms with Gasteiger partial charge in [0.15, 0.2) is 0 Å². The first-order valence-electron chi connectivity index (χ1n) is 5.45. The Morgan fingerprint density at radius 2 is 2.24 bits per heavy atom. The highest BCUT2D eigenvalue weighted by Crippen LogP contribution is 2.22. The number of hydrogen-bond donors (Lipinski definition) is 2. The van der Waals surface area contributed by atoms with Gasteiger partial charge in [-0.25, -0.2) is 0 Å². The van der Waals surface area contributed by atoms with Crippen molar-refractivity contribution >= 4 is 21.8 Å². The Morgan fingerprint density at radius 1 is 1.53 bits per heavy atom. The van der Waals surface area contributed by atoms with E-state index in [9.17, 15) is 9.90 Å². The summed E-state index contributed by atoms with van der Waals surface area (Å²) in [7, 11) is 1.84. The van der Waals surface area contributed by atoms with Crippen LogP contribution in [-0.4, -0.2) is 36.1 Å². The summed E-state index contributed by atoms with van der Waals surface area (Å²) in [5.74, 6) is 0.237. The van der Waals surface area contributed by atoms with Crippen molar-refractivity contribution < 1.29 is 9.90 Å². The molecule has 2 N–H and O–H groups in total. The van der Waals surface area contributed by atoms with Crippen LogP contribution in [0.4, 0.5) is 0 Å². The molecule has 1 aromatic rings. The van der Waals surface area contributed by atoms with Gasteiger partial charge in [0.1, 0.15) is 5.75 Å². The molecule has 0 aliphatic heterocycles. The average molecular weight is 301 g/mol. The van der Waals surface area contributed by atoms with E-state index < -0.39 is 0 Å². The number of nitrogens with zero attached hydrogens (tertiary/aromatic N) is 1. The molecule has 0 aromatic heterocycles. The molecule has 0 heterocycles. The lowest BCUT2D eigenvalue weighted by atomic mass is 10.2. The van der Waals surface area contributed by atoms with Crippen molar-refractivity contribution in [3.63, 3.8) is 0 Å². The molecule has 0 saturated carbocycles. The average Bonchev–Trinajstić information content (AvgIpc) is 2.23. The Kier molecular flexibility index (Phi) is 5.44. The van der Waals surface area contributed by atoms with Crippen LogP contribution in [0.1, 0.15) is 12.5 Å². The number of phenols is 1. The van der Waals surface area contributed by atoms with Crippen LogP contribution in [0.2, 0.25) is 0 Å². The predicted octanol–water partition coefficient (Wildman–Crippen LogP) is 1.72. The van der Waals surface area contributed by atoms with E-state index >= 15 is 0 Å². The Hall–Kier alpha value is -1.07. The van der Waals surface area contributed by atoms with Crippen LogP contribution < -0.4 is 5.32 Å². The van der Waals surface area contributed by atoms with Crippen LogP contribution in [0.15, 0.2) is 22.7 Å². The van der Waals surface area contributed by atoms with Gasteiger partial charge in [0.05, 0.1) is 6.54 Å². The highest BCUT2D eigenvalue weighted by Gasteiger charge is 2.09. The maximum Gasteiger partial charge on any atom is 0.234 e. The third kappa shape index (κ3) is 4.75. The van der Waals surface area contributed by atoms with E-state index in [1.54, 1.807) is 12.1 Å². The highest BCUT2D eigenvalue weighted by atomic mass is 79.9. The summed E-state index contributed by atoms with van der Waals surface area (Å²) in [4.78, 5) is 13.2. The van der Waals surface area contributed by atoms with Crippen LogP contribution in [0.25, 0.3) is 0 Å². The van der Waals surface area contributed by atoms with E-state index in [2.05, 4.69) is 21.2 Å². The van der Waals surface area contributed by atoms with E-state index in [0.29, 0.717) is 19.6 Å². The quantitative estimate of drug-likeness (QED) is 0.871. The number of amides is 1. The summed E-state index contributed by atoms with van der Waals surface area (Å²) >= 11 is 3.35. The first kappa shape index (κ1) is 14.0. The standard InChI is InChI=1S/C12H17BrN2O2/c1-3-14-12(17)8-15(2)7-9-6-10(13)4-5-11(9)16/h4-6,16H,3,7-8H2,1-2H3,(H,14,17). The Morgan fingerprint density at radius 3 is 2.88 bits per heavy atom. The van der Waals surface area contributed by atoms with Gasteiger partial charge in [0.25, 0.3) is 0 Å². The molecule has 0 unspecified atom stereocenters. The molecule has 1 amide bonds. The molecule has 17 heavy (non-hydrogen) atoms. The number of benzene rings is 1. The number of carbonyl (C=O) groups is 1. The SMILES string of the molecule is CCNC(=O)CN(C)Cc1cc(Br)ccc1O. The molecule has 0 aliphatic carbocycles. The van der Waals surface area contributed by atoms with Crippen molar-refractivity contribution in [3.05, 3.63) is 28.2 Å². The molecule has 5 heteroatoms. The molecule has 0 aliphatic rings. The molecule has 0 fully saturated rings. The molecule has 94 valence electrons. The molecular formula is C12H17BrN2O2. The number of halogens is 1. The zero-order valence-corrected chi connectivity index (χ0v) is 11.6. The van der Waals surface area contributed by atoms with Gasteiger partial charge < -0.3 is 10.4 Å². The van der Waals surface area contributed by atoms with Gasteiger partial charge in [-0.05, 0) is 32.2 Å². The Balaban J connectivity index is 2.58. The molecule has 4 nitrogen and oxygen atoms in total. The maximum atomic E-state index is 11.4. The number of likely N-dealkylation sites (N-methyl/N-ethyl adjacent to an activating group) is 2. The summed E-state index contributed by atoms with van der Waals surface area (Å²) in [6, 6.07) is 5.27. The smallest absolute Gasteiger partial charge is 0.234 e. The summed E-state index contributed by atoms with van der Waals surface area (Å²) < 4.78 is 0.914. The number of rotatable bonds is 5. The van der Waals surface area contributed by atoms with E-state index in [1.807, 2.05) is 24.9 Å². The topological polar surface area (TPSA) is 52.6 Å². The second-order valence-electron chi connectivity index (χ2n) is 3.90. The molecule has 0 atom stereocenters. The summed E-state index contributed by atoms with van der Waals surface area (Å²) in [5.41, 5.74) is 0.797. The fraction of sp³-hybridized carbons (Fsp3) is 0.417. The van der Waals surface area contributed by atoms with E-state index in [0.717, 1.165) is 10.0 Å². The normalized spacial score (nSPS) is 10.6. The number of carbonyl (C=O) groups excluding carboxylic acids is 1. The lowest BCUT2D eigenvalue weighted by Crippen LogP contribution is -2.34. The Bertz CT molecular complexity index is 396. The van der Waals surface area contributed by atoms with Crippen LogP contribution in [0.5, 0.6) is 5.75 Å². The fourth-order valence-corrected chi connectivity index (χ4v) is 1.93. The summed E-state index contributed by atoms with van der Waals surface area (Å²) in [6.45, 7) is 3.37. The molecule has 0 spiro atoms. The van der Waals surface area contributed by atoms with Crippen LogP contribution in [0, 0.1) is 0 Å². The van der Waals surface area contributed by atoms with Crippen molar-refractivity contribution in [3.8, 4) is 5.75 Å². The monoisotopic (exact) mass is 300 g/mol. The van der Waals surface area contributed by atoms with Crippen molar-refractivity contribution in [2.75, 3.05) is 20.1 Å². The molecule has 1 aromatic carbocycles. The maximum absolute atomic E-state index is 11.4. The van der Waals surface area contributed by atoms with Crippen molar-refractivity contribution in [2.45, 2.75) is 13.5 Å². The molecule has 0 radical (unpaired) electrons. The molecular weight excluding hydrogens is 284 g/mol. The van der Waals surface area contributed by atoms with Gasteiger partial charge in [0.2, 0.25) is 5.91 Å². The molecule has 0 saturated heterocycles. The van der Waals surface area contributed by atoms with Crippen LogP contribution >= 0.6 is 15.9 Å². The minimum absolute atomic E-state index is 0.00973. The minimum Gasteiger partial charge on any atom is -0.508 e. The zero-order valence-electron chi connectivity index (χ0n) is 10.0. The second-order valence-corrected chi connectivity index (χ2v) is 4.81. The van der Waals surface area contributed by atoms with E-state index in [4.69, 9.17) is 0 Å². The lowest BCUT2D eigenvalue weighted by Gasteiger charge is -2.16. The molecule has 1 rings (SSSR count). The van der Waals surface area contributed by atoms with E-state index in [1.165, 1.54) is 0 Å².